The Labute approximate surface area is 300 Å². The lowest BCUT2D eigenvalue weighted by molar-refractivity contribution is -0.129. The van der Waals surface area contributed by atoms with E-state index in [0.29, 0.717) is 23.5 Å². The Kier molecular flexibility index (Phi) is 15.7. The number of ether oxygens (including phenoxy) is 1. The molecular weight excluding hydrogens is 654 g/mol. The molecule has 0 saturated heterocycles. The molecular formula is C37H55N7O7. The first-order valence-corrected chi connectivity index (χ1v) is 17.5. The number of carbonyl (C=O) groups is 4. The fraction of sp³-hybridized carbons (Fsp3) is 0.514. The van der Waals surface area contributed by atoms with Gasteiger partial charge >= 0.3 is 6.09 Å². The van der Waals surface area contributed by atoms with Crippen molar-refractivity contribution in [2.24, 2.45) is 17.6 Å². The second kappa shape index (κ2) is 19.7. The van der Waals surface area contributed by atoms with Crippen molar-refractivity contribution < 1.29 is 34.1 Å². The van der Waals surface area contributed by atoms with Crippen molar-refractivity contribution >= 4 is 35.2 Å². The van der Waals surface area contributed by atoms with Gasteiger partial charge < -0.3 is 47.3 Å². The quantitative estimate of drug-likeness (QED) is 0.112. The van der Waals surface area contributed by atoms with Crippen LogP contribution in [0.1, 0.15) is 65.9 Å². The third kappa shape index (κ3) is 12.6. The number of alkyl carbamates (subject to hydrolysis) is 1. The Bertz CT molecular complexity index is 1470. The minimum absolute atomic E-state index is 0.0210. The van der Waals surface area contributed by atoms with Gasteiger partial charge in [0, 0.05) is 29.7 Å². The molecule has 4 amide bonds. The van der Waals surface area contributed by atoms with Crippen LogP contribution in [0, 0.1) is 11.8 Å². The summed E-state index contributed by atoms with van der Waals surface area (Å²) in [6, 6.07) is 12.7. The first-order valence-electron chi connectivity index (χ1n) is 17.5. The van der Waals surface area contributed by atoms with Crippen LogP contribution in [0.25, 0.3) is 0 Å². The van der Waals surface area contributed by atoms with Crippen molar-refractivity contribution in [1.29, 1.82) is 0 Å². The second-order valence-electron chi connectivity index (χ2n) is 13.6. The van der Waals surface area contributed by atoms with Crippen molar-refractivity contribution in [3.63, 3.8) is 0 Å². The normalized spacial score (nSPS) is 16.4. The number of carbonyl (C=O) groups excluding carboxylic acids is 4. The number of benzene rings is 2. The van der Waals surface area contributed by atoms with Crippen LogP contribution in [0.4, 0.5) is 16.2 Å². The van der Waals surface area contributed by atoms with Gasteiger partial charge in [-0.15, -0.1) is 0 Å². The van der Waals surface area contributed by atoms with Gasteiger partial charge in [0.15, 0.2) is 0 Å². The van der Waals surface area contributed by atoms with Gasteiger partial charge in [0.05, 0.1) is 37.3 Å². The summed E-state index contributed by atoms with van der Waals surface area (Å²) in [5.74, 6) is -1.38. The number of hydrogen-bond donors (Lipinski definition) is 7. The lowest BCUT2D eigenvalue weighted by Gasteiger charge is -2.30. The molecule has 1 aliphatic rings. The van der Waals surface area contributed by atoms with Crippen molar-refractivity contribution in [1.82, 2.24) is 20.9 Å². The molecule has 2 aromatic rings. The molecule has 0 saturated carbocycles. The number of nitrogens with two attached hydrogens (primary N) is 2. The Balaban J connectivity index is 1.89. The van der Waals surface area contributed by atoms with E-state index in [1.54, 1.807) is 49.5 Å². The zero-order chi connectivity index (χ0) is 37.7. The van der Waals surface area contributed by atoms with Crippen LogP contribution >= 0.6 is 0 Å². The highest BCUT2D eigenvalue weighted by atomic mass is 16.5. The van der Waals surface area contributed by atoms with Crippen LogP contribution in [0.3, 0.4) is 0 Å². The molecule has 0 radical (unpaired) electrons. The molecule has 9 N–H and O–H groups in total. The summed E-state index contributed by atoms with van der Waals surface area (Å²) in [4.78, 5) is 56.4. The predicted octanol–water partition coefficient (Wildman–Crippen LogP) is 2.55. The molecule has 1 heterocycles. The summed E-state index contributed by atoms with van der Waals surface area (Å²) < 4.78 is 5.45. The predicted molar refractivity (Wildman–Crippen MR) is 195 cm³/mol. The maximum atomic E-state index is 14.1. The highest BCUT2D eigenvalue weighted by molar-refractivity contribution is 5.87. The zero-order valence-corrected chi connectivity index (χ0v) is 30.2. The lowest BCUT2D eigenvalue weighted by Crippen LogP contribution is -2.54. The molecule has 0 fully saturated rings. The minimum atomic E-state index is -1.27. The van der Waals surface area contributed by atoms with Crippen molar-refractivity contribution in [3.8, 4) is 0 Å². The Morgan fingerprint density at radius 3 is 2.20 bits per heavy atom. The summed E-state index contributed by atoms with van der Waals surface area (Å²) >= 11 is 0. The highest BCUT2D eigenvalue weighted by Gasteiger charge is 2.34. The summed E-state index contributed by atoms with van der Waals surface area (Å²) in [7, 11) is 0. The lowest BCUT2D eigenvalue weighted by atomic mass is 9.95. The first-order chi connectivity index (χ1) is 24.2. The summed E-state index contributed by atoms with van der Waals surface area (Å²) in [6.45, 7) is 9.13. The van der Waals surface area contributed by atoms with Crippen LogP contribution in [0.2, 0.25) is 0 Å². The van der Waals surface area contributed by atoms with E-state index >= 15 is 0 Å². The number of hydrogen-bond acceptors (Lipinski definition) is 10. The van der Waals surface area contributed by atoms with E-state index < -0.39 is 48.2 Å². The standard InChI is InChI=1S/C37H55N7O7/c1-6-24(4)32(20-45)40-34(47)18-33(46)30(16-23(2)3)41-35(48)31(42-37(50)51-21-26-10-8-7-9-11-26)17-29-19-43(36(49)25(5)38)22-44(29)28-14-12-27(39)13-15-28/h7-15,19,23-25,30-33,45-46H,6,16-18,20-22,38-39H2,1-5H3,(H,40,47)(H,41,48)(H,42,50)/t24-,25-,30-,31-,32+,33-/m0/s1. The molecule has 2 aromatic carbocycles. The SMILES string of the molecule is CC[C@H](C)[C@@H](CO)NC(=O)C[C@H](O)[C@H](CC(C)C)NC(=O)[C@H](CC1=CN(C(=O)[C@H](C)N)CN1c1ccc(N)cc1)NC(=O)OCc1ccccc1. The fourth-order valence-electron chi connectivity index (χ4n) is 5.67. The highest BCUT2D eigenvalue weighted by Crippen LogP contribution is 2.29. The van der Waals surface area contributed by atoms with E-state index in [-0.39, 0.29) is 50.5 Å². The van der Waals surface area contributed by atoms with E-state index in [0.717, 1.165) is 12.0 Å². The van der Waals surface area contributed by atoms with E-state index in [1.807, 2.05) is 50.8 Å². The average molecular weight is 710 g/mol. The Morgan fingerprint density at radius 2 is 1.61 bits per heavy atom. The van der Waals surface area contributed by atoms with Gasteiger partial charge in [-0.25, -0.2) is 4.79 Å². The number of anilines is 2. The third-order valence-electron chi connectivity index (χ3n) is 8.84. The van der Waals surface area contributed by atoms with Crippen LogP contribution < -0.4 is 32.3 Å². The Hall–Kier alpha value is -4.66. The minimum Gasteiger partial charge on any atom is -0.445 e. The monoisotopic (exact) mass is 709 g/mol. The molecule has 14 heteroatoms. The number of amides is 4. The van der Waals surface area contributed by atoms with Gasteiger partial charge in [0.1, 0.15) is 19.3 Å². The summed E-state index contributed by atoms with van der Waals surface area (Å²) in [6.07, 6.45) is 0.167. The number of aliphatic hydroxyl groups is 2. The molecule has 0 unspecified atom stereocenters. The maximum absolute atomic E-state index is 14.1. The fourth-order valence-corrected chi connectivity index (χ4v) is 5.67. The van der Waals surface area contributed by atoms with Crippen molar-refractivity contribution in [2.45, 2.75) is 97.2 Å². The molecule has 280 valence electrons. The van der Waals surface area contributed by atoms with Crippen LogP contribution in [-0.4, -0.2) is 82.5 Å². The van der Waals surface area contributed by atoms with E-state index in [1.165, 1.54) is 4.90 Å². The van der Waals surface area contributed by atoms with E-state index in [2.05, 4.69) is 16.0 Å². The average Bonchev–Trinajstić information content (AvgIpc) is 3.52. The van der Waals surface area contributed by atoms with Crippen molar-refractivity contribution in [2.75, 3.05) is 23.9 Å². The molecule has 3 rings (SSSR count). The molecule has 0 aliphatic carbocycles. The maximum Gasteiger partial charge on any atom is 0.408 e. The largest absolute Gasteiger partial charge is 0.445 e. The summed E-state index contributed by atoms with van der Waals surface area (Å²) in [5, 5.41) is 29.3. The number of nitrogens with zero attached hydrogens (tertiary/aromatic N) is 2. The van der Waals surface area contributed by atoms with Gasteiger partial charge in [-0.2, -0.15) is 0 Å². The topological polar surface area (TPSA) is 213 Å². The van der Waals surface area contributed by atoms with Crippen LogP contribution in [-0.2, 0) is 25.7 Å². The summed E-state index contributed by atoms with van der Waals surface area (Å²) in [5.41, 5.74) is 14.4. The van der Waals surface area contributed by atoms with Gasteiger partial charge in [0.25, 0.3) is 0 Å². The number of aliphatic hydroxyl groups excluding tert-OH is 2. The molecule has 1 aliphatic heterocycles. The van der Waals surface area contributed by atoms with Crippen LogP contribution in [0.5, 0.6) is 0 Å². The third-order valence-corrected chi connectivity index (χ3v) is 8.84. The number of rotatable bonds is 18. The second-order valence-corrected chi connectivity index (χ2v) is 13.6. The molecule has 0 bridgehead atoms. The van der Waals surface area contributed by atoms with Crippen LogP contribution in [0.15, 0.2) is 66.5 Å². The van der Waals surface area contributed by atoms with Gasteiger partial charge in [-0.3, -0.25) is 19.3 Å². The zero-order valence-electron chi connectivity index (χ0n) is 30.2. The molecule has 0 aromatic heterocycles. The van der Waals surface area contributed by atoms with E-state index in [4.69, 9.17) is 16.2 Å². The Morgan fingerprint density at radius 1 is 0.941 bits per heavy atom. The van der Waals surface area contributed by atoms with Gasteiger partial charge in [-0.05, 0) is 55.0 Å². The van der Waals surface area contributed by atoms with Gasteiger partial charge in [0.2, 0.25) is 17.7 Å². The smallest absolute Gasteiger partial charge is 0.408 e. The molecule has 51 heavy (non-hydrogen) atoms. The first kappa shape index (κ1) is 40.8. The molecule has 0 spiro atoms. The van der Waals surface area contributed by atoms with E-state index in [9.17, 15) is 29.4 Å². The molecule has 14 nitrogen and oxygen atoms in total. The molecule has 6 atom stereocenters. The van der Waals surface area contributed by atoms with Crippen molar-refractivity contribution in [3.05, 3.63) is 72.1 Å². The number of nitrogen functional groups attached to an aromatic ring is 1. The number of nitrogens with one attached hydrogen (secondary N) is 3. The van der Waals surface area contributed by atoms with Gasteiger partial charge in [-0.1, -0.05) is 64.4 Å².